The van der Waals surface area contributed by atoms with E-state index in [0.29, 0.717) is 24.0 Å². The van der Waals surface area contributed by atoms with Gasteiger partial charge in [0.2, 0.25) is 0 Å². The second-order valence-corrected chi connectivity index (χ2v) is 9.51. The molecule has 0 spiro atoms. The normalized spacial score (nSPS) is 24.4. The summed E-state index contributed by atoms with van der Waals surface area (Å²) in [7, 11) is 0. The molecule has 2 unspecified atom stereocenters. The van der Waals surface area contributed by atoms with Crippen molar-refractivity contribution in [1.82, 2.24) is 0 Å². The highest BCUT2D eigenvalue weighted by atomic mass is 16.6. The highest BCUT2D eigenvalue weighted by Gasteiger charge is 2.43. The first kappa shape index (κ1) is 21.2. The minimum absolute atomic E-state index is 0.398. The molecule has 6 rings (SSSR count). The van der Waals surface area contributed by atoms with Gasteiger partial charge in [-0.2, -0.15) is 0 Å². The van der Waals surface area contributed by atoms with Crippen molar-refractivity contribution in [2.75, 3.05) is 13.2 Å². The highest BCUT2D eigenvalue weighted by Crippen LogP contribution is 2.38. The van der Waals surface area contributed by atoms with E-state index in [1.165, 1.54) is 43.8 Å². The van der Waals surface area contributed by atoms with E-state index in [1.54, 1.807) is 0 Å². The molecule has 0 radical (unpaired) electrons. The standard InChI is InChI=1S/C22H18.C8H14O2/c1-15-11-13-17-7-3-5-9-19(17)21(15)22-16(2)12-14-18-8-4-6-10-20(18)22;1-5-3-9-8-6(2)4-10-7(5)8/h3-14H,1-2H3;5-8H,3-4H2,1-2H3/t;5-,6-,7?,8?/m.1/s1. The molecular formula is C30H32O2. The van der Waals surface area contributed by atoms with E-state index in [0.717, 1.165) is 13.2 Å². The Morgan fingerprint density at radius 1 is 0.562 bits per heavy atom. The van der Waals surface area contributed by atoms with E-state index >= 15 is 0 Å². The zero-order chi connectivity index (χ0) is 22.2. The van der Waals surface area contributed by atoms with Gasteiger partial charge in [0, 0.05) is 11.8 Å². The number of fused-ring (bicyclic) bond motifs is 3. The van der Waals surface area contributed by atoms with Crippen molar-refractivity contribution in [3.8, 4) is 11.1 Å². The quantitative estimate of drug-likeness (QED) is 0.318. The Balaban J connectivity index is 0.000000180. The fourth-order valence-electron chi connectivity index (χ4n) is 5.31. The van der Waals surface area contributed by atoms with Gasteiger partial charge in [0.1, 0.15) is 0 Å². The molecule has 4 aromatic rings. The Bertz CT molecular complexity index is 1160. The van der Waals surface area contributed by atoms with Gasteiger partial charge in [-0.05, 0) is 57.6 Å². The van der Waals surface area contributed by atoms with Gasteiger partial charge in [-0.1, -0.05) is 86.6 Å². The third-order valence-corrected chi connectivity index (χ3v) is 7.07. The SMILES string of the molecule is C[C@@H]1COC2C1OC[C@H]2C.Cc1ccc2ccccc2c1-c1c(C)ccc2ccccc12. The third kappa shape index (κ3) is 3.72. The van der Waals surface area contributed by atoms with Gasteiger partial charge in [0.15, 0.2) is 0 Å². The van der Waals surface area contributed by atoms with Crippen molar-refractivity contribution in [3.63, 3.8) is 0 Å². The zero-order valence-electron chi connectivity index (χ0n) is 19.5. The average Bonchev–Trinajstić information content (AvgIpc) is 3.37. The van der Waals surface area contributed by atoms with Crippen LogP contribution < -0.4 is 0 Å². The number of hydrogen-bond donors (Lipinski definition) is 0. The topological polar surface area (TPSA) is 18.5 Å². The average molecular weight is 425 g/mol. The number of hydrogen-bond acceptors (Lipinski definition) is 2. The van der Waals surface area contributed by atoms with Gasteiger partial charge in [-0.25, -0.2) is 0 Å². The molecule has 0 aliphatic carbocycles. The summed E-state index contributed by atoms with van der Waals surface area (Å²) in [6.45, 7) is 10.6. The predicted octanol–water partition coefficient (Wildman–Crippen LogP) is 7.33. The minimum Gasteiger partial charge on any atom is -0.375 e. The summed E-state index contributed by atoms with van der Waals surface area (Å²) in [5, 5.41) is 5.27. The summed E-state index contributed by atoms with van der Waals surface area (Å²) in [6, 6.07) is 26.2. The van der Waals surface area contributed by atoms with Crippen molar-refractivity contribution in [1.29, 1.82) is 0 Å². The Kier molecular flexibility index (Phi) is 5.75. The van der Waals surface area contributed by atoms with E-state index in [9.17, 15) is 0 Å². The lowest BCUT2D eigenvalue weighted by Crippen LogP contribution is -2.23. The van der Waals surface area contributed by atoms with Crippen LogP contribution in [0.1, 0.15) is 25.0 Å². The van der Waals surface area contributed by atoms with Crippen LogP contribution in [0.25, 0.3) is 32.7 Å². The molecule has 0 aromatic heterocycles. The maximum absolute atomic E-state index is 5.58. The van der Waals surface area contributed by atoms with Crippen LogP contribution in [-0.4, -0.2) is 25.4 Å². The van der Waals surface area contributed by atoms with Crippen LogP contribution in [0.15, 0.2) is 72.8 Å². The summed E-state index contributed by atoms with van der Waals surface area (Å²) < 4.78 is 11.2. The van der Waals surface area contributed by atoms with Gasteiger partial charge in [-0.3, -0.25) is 0 Å². The van der Waals surface area contributed by atoms with Crippen molar-refractivity contribution in [2.45, 2.75) is 39.9 Å². The van der Waals surface area contributed by atoms with Crippen LogP contribution in [-0.2, 0) is 9.47 Å². The van der Waals surface area contributed by atoms with Gasteiger partial charge in [0.25, 0.3) is 0 Å². The monoisotopic (exact) mass is 424 g/mol. The van der Waals surface area contributed by atoms with Gasteiger partial charge in [-0.15, -0.1) is 0 Å². The summed E-state index contributed by atoms with van der Waals surface area (Å²) in [5.74, 6) is 1.21. The van der Waals surface area contributed by atoms with Crippen LogP contribution in [0.5, 0.6) is 0 Å². The van der Waals surface area contributed by atoms with Crippen molar-refractivity contribution >= 4 is 21.5 Å². The molecule has 2 aliphatic rings. The summed E-state index contributed by atoms with van der Waals surface area (Å²) in [6.07, 6.45) is 0.796. The lowest BCUT2D eigenvalue weighted by molar-refractivity contribution is 0.0627. The molecule has 0 saturated carbocycles. The molecule has 2 saturated heterocycles. The first-order valence-electron chi connectivity index (χ1n) is 11.7. The molecule has 32 heavy (non-hydrogen) atoms. The van der Waals surface area contributed by atoms with E-state index < -0.39 is 0 Å². The summed E-state index contributed by atoms with van der Waals surface area (Å²) >= 11 is 0. The molecule has 0 amide bonds. The molecule has 4 aromatic carbocycles. The summed E-state index contributed by atoms with van der Waals surface area (Å²) in [4.78, 5) is 0. The molecule has 2 heterocycles. The van der Waals surface area contributed by atoms with Crippen LogP contribution in [0.2, 0.25) is 0 Å². The Morgan fingerprint density at radius 2 is 0.969 bits per heavy atom. The fraction of sp³-hybridized carbons (Fsp3) is 0.333. The van der Waals surface area contributed by atoms with E-state index in [-0.39, 0.29) is 0 Å². The molecule has 2 fully saturated rings. The number of aryl methyl sites for hydroxylation is 2. The summed E-state index contributed by atoms with van der Waals surface area (Å²) in [5.41, 5.74) is 5.40. The molecule has 0 bridgehead atoms. The smallest absolute Gasteiger partial charge is 0.0887 e. The zero-order valence-corrected chi connectivity index (χ0v) is 19.5. The van der Waals surface area contributed by atoms with E-state index in [2.05, 4.69) is 100 Å². The third-order valence-electron chi connectivity index (χ3n) is 7.07. The minimum atomic E-state index is 0.398. The lowest BCUT2D eigenvalue weighted by Gasteiger charge is -2.16. The Morgan fingerprint density at radius 3 is 1.41 bits per heavy atom. The van der Waals surface area contributed by atoms with E-state index in [1.807, 2.05) is 0 Å². The first-order chi connectivity index (χ1) is 15.5. The molecule has 2 heteroatoms. The second-order valence-electron chi connectivity index (χ2n) is 9.51. The first-order valence-corrected chi connectivity index (χ1v) is 11.7. The van der Waals surface area contributed by atoms with Crippen LogP contribution in [0, 0.1) is 25.7 Å². The predicted molar refractivity (Wildman–Crippen MR) is 134 cm³/mol. The molecular weight excluding hydrogens is 392 g/mol. The van der Waals surface area contributed by atoms with Crippen LogP contribution in [0.4, 0.5) is 0 Å². The number of ether oxygens (including phenoxy) is 2. The maximum Gasteiger partial charge on any atom is 0.0887 e. The van der Waals surface area contributed by atoms with E-state index in [4.69, 9.17) is 9.47 Å². The molecule has 2 aliphatic heterocycles. The van der Waals surface area contributed by atoms with Crippen LogP contribution in [0.3, 0.4) is 0 Å². The van der Waals surface area contributed by atoms with Crippen molar-refractivity contribution in [3.05, 3.63) is 83.9 Å². The number of rotatable bonds is 1. The number of benzene rings is 4. The van der Waals surface area contributed by atoms with Crippen molar-refractivity contribution < 1.29 is 9.47 Å². The highest BCUT2D eigenvalue weighted by molar-refractivity contribution is 6.07. The van der Waals surface area contributed by atoms with Crippen molar-refractivity contribution in [2.24, 2.45) is 11.8 Å². The Hall–Kier alpha value is -2.68. The Labute approximate surface area is 191 Å². The largest absolute Gasteiger partial charge is 0.375 e. The molecule has 0 N–H and O–H groups in total. The second kappa shape index (κ2) is 8.69. The van der Waals surface area contributed by atoms with Gasteiger partial charge in [0.05, 0.1) is 25.4 Å². The molecule has 2 nitrogen and oxygen atoms in total. The molecule has 164 valence electrons. The molecule has 4 atom stereocenters. The lowest BCUT2D eigenvalue weighted by atomic mass is 9.88. The van der Waals surface area contributed by atoms with Gasteiger partial charge >= 0.3 is 0 Å². The fourth-order valence-corrected chi connectivity index (χ4v) is 5.31. The van der Waals surface area contributed by atoms with Crippen LogP contribution >= 0.6 is 0 Å². The van der Waals surface area contributed by atoms with Gasteiger partial charge < -0.3 is 9.47 Å². The maximum atomic E-state index is 5.58.